The Labute approximate surface area is 120 Å². The lowest BCUT2D eigenvalue weighted by Crippen LogP contribution is -2.42. The van der Waals surface area contributed by atoms with Crippen LogP contribution >= 0.6 is 0 Å². The second-order valence-corrected chi connectivity index (χ2v) is 7.03. The predicted octanol–water partition coefficient (Wildman–Crippen LogP) is 1.90. The molecule has 1 aliphatic rings. The summed E-state index contributed by atoms with van der Waals surface area (Å²) < 4.78 is 40.4. The van der Waals surface area contributed by atoms with Crippen molar-refractivity contribution in [2.24, 2.45) is 0 Å². The van der Waals surface area contributed by atoms with Crippen molar-refractivity contribution in [3.63, 3.8) is 0 Å². The number of aryl methyl sites for hydroxylation is 1. The van der Waals surface area contributed by atoms with E-state index in [0.29, 0.717) is 18.7 Å². The van der Waals surface area contributed by atoms with Gasteiger partial charge in [-0.05, 0) is 50.1 Å². The number of benzene rings is 1. The number of sulfonamides is 1. The van der Waals surface area contributed by atoms with Crippen molar-refractivity contribution in [2.75, 3.05) is 19.6 Å². The summed E-state index contributed by atoms with van der Waals surface area (Å²) in [5.41, 5.74) is 0.456. The topological polar surface area (TPSA) is 49.4 Å². The molecule has 4 nitrogen and oxygen atoms in total. The number of nitrogens with zero attached hydrogens (tertiary/aromatic N) is 1. The van der Waals surface area contributed by atoms with E-state index >= 15 is 0 Å². The molecule has 2 rings (SSSR count). The van der Waals surface area contributed by atoms with Gasteiger partial charge in [0.15, 0.2) is 0 Å². The van der Waals surface area contributed by atoms with Gasteiger partial charge in [0.2, 0.25) is 10.0 Å². The maximum atomic E-state index is 13.2. The minimum absolute atomic E-state index is 0.00981. The third-order valence-electron chi connectivity index (χ3n) is 3.61. The lowest BCUT2D eigenvalue weighted by molar-refractivity contribution is 0.335. The number of rotatable bonds is 5. The molecule has 0 spiro atoms. The highest BCUT2D eigenvalue weighted by atomic mass is 32.2. The first kappa shape index (κ1) is 15.4. The molecule has 20 heavy (non-hydrogen) atoms. The Hall–Kier alpha value is -0.980. The highest BCUT2D eigenvalue weighted by molar-refractivity contribution is 7.89. The van der Waals surface area contributed by atoms with Crippen LogP contribution in [0.1, 0.15) is 25.3 Å². The summed E-state index contributed by atoms with van der Waals surface area (Å²) in [6, 6.07) is 3.83. The van der Waals surface area contributed by atoms with Crippen molar-refractivity contribution >= 4 is 10.0 Å². The third kappa shape index (κ3) is 3.02. The largest absolute Gasteiger partial charge is 0.315 e. The van der Waals surface area contributed by atoms with Gasteiger partial charge in [-0.2, -0.15) is 4.31 Å². The summed E-state index contributed by atoms with van der Waals surface area (Å²) in [6.45, 7) is 5.60. The normalized spacial score (nSPS) is 19.7. The second kappa shape index (κ2) is 6.20. The van der Waals surface area contributed by atoms with Gasteiger partial charge in [-0.15, -0.1) is 0 Å². The molecule has 1 atom stereocenters. The van der Waals surface area contributed by atoms with Crippen molar-refractivity contribution in [3.05, 3.63) is 29.6 Å². The summed E-state index contributed by atoms with van der Waals surface area (Å²) in [4.78, 5) is 0.208. The van der Waals surface area contributed by atoms with Gasteiger partial charge >= 0.3 is 0 Å². The van der Waals surface area contributed by atoms with E-state index in [4.69, 9.17) is 0 Å². The fourth-order valence-corrected chi connectivity index (χ4v) is 4.59. The smallest absolute Gasteiger partial charge is 0.243 e. The van der Waals surface area contributed by atoms with E-state index in [1.807, 2.05) is 6.92 Å². The monoisotopic (exact) mass is 300 g/mol. The zero-order valence-electron chi connectivity index (χ0n) is 11.9. The van der Waals surface area contributed by atoms with Crippen LogP contribution in [0.4, 0.5) is 4.39 Å². The number of hydrogen-bond acceptors (Lipinski definition) is 3. The van der Waals surface area contributed by atoms with Gasteiger partial charge in [0.1, 0.15) is 5.82 Å². The second-order valence-electron chi connectivity index (χ2n) is 5.17. The molecule has 0 amide bonds. The van der Waals surface area contributed by atoms with E-state index in [1.54, 1.807) is 11.2 Å². The molecule has 0 bridgehead atoms. The van der Waals surface area contributed by atoms with Crippen LogP contribution in [0, 0.1) is 12.7 Å². The molecule has 1 aliphatic heterocycles. The van der Waals surface area contributed by atoms with Gasteiger partial charge in [0.25, 0.3) is 0 Å². The van der Waals surface area contributed by atoms with Gasteiger partial charge in [-0.3, -0.25) is 0 Å². The molecule has 1 heterocycles. The Morgan fingerprint density at radius 2 is 2.20 bits per heavy atom. The summed E-state index contributed by atoms with van der Waals surface area (Å²) >= 11 is 0. The van der Waals surface area contributed by atoms with E-state index in [1.165, 1.54) is 18.2 Å². The molecule has 1 fully saturated rings. The first-order chi connectivity index (χ1) is 9.46. The van der Waals surface area contributed by atoms with Crippen LogP contribution in [-0.2, 0) is 10.0 Å². The predicted molar refractivity (Wildman–Crippen MR) is 76.6 cm³/mol. The van der Waals surface area contributed by atoms with Crippen LogP contribution in [0.15, 0.2) is 23.1 Å². The van der Waals surface area contributed by atoms with Crippen LogP contribution in [0.25, 0.3) is 0 Å². The first-order valence-electron chi connectivity index (χ1n) is 6.95. The molecular formula is C14H21FN2O2S. The van der Waals surface area contributed by atoms with Gasteiger partial charge in [0.05, 0.1) is 4.90 Å². The van der Waals surface area contributed by atoms with Crippen molar-refractivity contribution in [3.8, 4) is 0 Å². The average molecular weight is 300 g/mol. The van der Waals surface area contributed by atoms with Gasteiger partial charge in [0, 0.05) is 19.1 Å². The van der Waals surface area contributed by atoms with E-state index in [0.717, 1.165) is 19.4 Å². The van der Waals surface area contributed by atoms with Crippen LogP contribution in [0.2, 0.25) is 0 Å². The van der Waals surface area contributed by atoms with Crippen molar-refractivity contribution in [2.45, 2.75) is 37.6 Å². The zero-order chi connectivity index (χ0) is 14.8. The number of halogens is 1. The van der Waals surface area contributed by atoms with Crippen molar-refractivity contribution in [1.29, 1.82) is 0 Å². The van der Waals surface area contributed by atoms with Gasteiger partial charge < -0.3 is 5.32 Å². The average Bonchev–Trinajstić information content (AvgIpc) is 2.88. The highest BCUT2D eigenvalue weighted by Gasteiger charge is 2.33. The number of nitrogens with one attached hydrogen (secondary N) is 1. The quantitative estimate of drug-likeness (QED) is 0.903. The van der Waals surface area contributed by atoms with E-state index < -0.39 is 15.8 Å². The fraction of sp³-hybridized carbons (Fsp3) is 0.571. The summed E-state index contributed by atoms with van der Waals surface area (Å²) in [5, 5.41) is 3.19. The van der Waals surface area contributed by atoms with E-state index in [2.05, 4.69) is 5.32 Å². The molecule has 112 valence electrons. The molecule has 0 radical (unpaired) electrons. The van der Waals surface area contributed by atoms with Crippen molar-refractivity contribution < 1.29 is 12.8 Å². The highest BCUT2D eigenvalue weighted by Crippen LogP contribution is 2.24. The maximum Gasteiger partial charge on any atom is 0.243 e. The summed E-state index contributed by atoms with van der Waals surface area (Å²) in [7, 11) is -3.57. The SMILES string of the molecule is CCCN(C1CCNC1)S(=O)(=O)c1ccc(F)cc1C. The molecule has 0 saturated carbocycles. The maximum absolute atomic E-state index is 13.2. The minimum atomic E-state index is -3.57. The lowest BCUT2D eigenvalue weighted by atomic mass is 10.2. The Kier molecular flexibility index (Phi) is 4.78. The van der Waals surface area contributed by atoms with Gasteiger partial charge in [-0.1, -0.05) is 6.92 Å². The Balaban J connectivity index is 2.39. The minimum Gasteiger partial charge on any atom is -0.315 e. The van der Waals surface area contributed by atoms with Crippen LogP contribution in [-0.4, -0.2) is 38.4 Å². The van der Waals surface area contributed by atoms with Crippen LogP contribution in [0.5, 0.6) is 0 Å². The molecule has 0 aromatic heterocycles. The Morgan fingerprint density at radius 1 is 1.45 bits per heavy atom. The van der Waals surface area contributed by atoms with Crippen LogP contribution in [0.3, 0.4) is 0 Å². The molecule has 1 saturated heterocycles. The zero-order valence-corrected chi connectivity index (χ0v) is 12.7. The number of hydrogen-bond donors (Lipinski definition) is 1. The van der Waals surface area contributed by atoms with Gasteiger partial charge in [-0.25, -0.2) is 12.8 Å². The summed E-state index contributed by atoms with van der Waals surface area (Å²) in [5.74, 6) is -0.411. The first-order valence-corrected chi connectivity index (χ1v) is 8.39. The lowest BCUT2D eigenvalue weighted by Gasteiger charge is -2.27. The molecule has 1 unspecified atom stereocenters. The van der Waals surface area contributed by atoms with E-state index in [-0.39, 0.29) is 10.9 Å². The standard InChI is InChI=1S/C14H21FN2O2S/c1-3-8-17(13-6-7-16-10-13)20(18,19)14-5-4-12(15)9-11(14)2/h4-5,9,13,16H,3,6-8,10H2,1-2H3. The molecule has 1 aromatic carbocycles. The Morgan fingerprint density at radius 3 is 2.75 bits per heavy atom. The summed E-state index contributed by atoms with van der Waals surface area (Å²) in [6.07, 6.45) is 1.58. The Bertz CT molecular complexity index is 569. The molecular weight excluding hydrogens is 279 g/mol. The van der Waals surface area contributed by atoms with E-state index in [9.17, 15) is 12.8 Å². The molecule has 0 aliphatic carbocycles. The molecule has 6 heteroatoms. The fourth-order valence-electron chi connectivity index (χ4n) is 2.63. The molecule has 1 N–H and O–H groups in total. The van der Waals surface area contributed by atoms with Crippen LogP contribution < -0.4 is 5.32 Å². The third-order valence-corrected chi connectivity index (χ3v) is 5.72. The van der Waals surface area contributed by atoms with Crippen molar-refractivity contribution in [1.82, 2.24) is 9.62 Å². The molecule has 1 aromatic rings.